The Morgan fingerprint density at radius 2 is 2.20 bits per heavy atom. The lowest BCUT2D eigenvalue weighted by Crippen LogP contribution is -2.38. The van der Waals surface area contributed by atoms with E-state index in [0.29, 0.717) is 23.4 Å². The summed E-state index contributed by atoms with van der Waals surface area (Å²) in [6.07, 6.45) is 1.20. The number of rotatable bonds is 4. The van der Waals surface area contributed by atoms with Crippen molar-refractivity contribution in [2.24, 2.45) is 0 Å². The zero-order valence-electron chi connectivity index (χ0n) is 11.3. The molecule has 0 aliphatic carbocycles. The summed E-state index contributed by atoms with van der Waals surface area (Å²) in [5, 5.41) is 11.9. The number of ketones is 1. The molecular weight excluding hydrogens is 278 g/mol. The summed E-state index contributed by atoms with van der Waals surface area (Å²) < 4.78 is 24.6. The van der Waals surface area contributed by atoms with Gasteiger partial charge >= 0.3 is 0 Å². The molecule has 1 aromatic rings. The predicted octanol–water partition coefficient (Wildman–Crippen LogP) is 1.71. The van der Waals surface area contributed by atoms with E-state index in [1.807, 2.05) is 13.0 Å². The number of Topliss-reactive ketones (excluding diaryl/α,β-unsaturated/α-hetero) is 1. The van der Waals surface area contributed by atoms with Gasteiger partial charge in [-0.05, 0) is 24.6 Å². The molecule has 1 heterocycles. The van der Waals surface area contributed by atoms with Crippen LogP contribution in [0.1, 0.15) is 30.1 Å². The second-order valence-corrected chi connectivity index (χ2v) is 6.50. The summed E-state index contributed by atoms with van der Waals surface area (Å²) in [5.41, 5.74) is 1.34. The van der Waals surface area contributed by atoms with Gasteiger partial charge in [-0.2, -0.15) is 5.26 Å². The number of benzene rings is 1. The summed E-state index contributed by atoms with van der Waals surface area (Å²) >= 11 is 0. The van der Waals surface area contributed by atoms with Crippen LogP contribution >= 0.6 is 0 Å². The van der Waals surface area contributed by atoms with Crippen molar-refractivity contribution in [3.8, 4) is 6.07 Å². The van der Waals surface area contributed by atoms with Gasteiger partial charge in [0, 0.05) is 12.0 Å². The predicted molar refractivity (Wildman–Crippen MR) is 76.0 cm³/mol. The first-order valence-electron chi connectivity index (χ1n) is 6.21. The maximum absolute atomic E-state index is 11.9. The van der Waals surface area contributed by atoms with Crippen molar-refractivity contribution in [1.29, 1.82) is 5.26 Å². The molecule has 7 heteroatoms. The molecule has 0 bridgehead atoms. The summed E-state index contributed by atoms with van der Waals surface area (Å²) in [5.74, 6) is -0.0378. The van der Waals surface area contributed by atoms with Gasteiger partial charge in [-0.15, -0.1) is 0 Å². The van der Waals surface area contributed by atoms with Crippen LogP contribution in [0.3, 0.4) is 0 Å². The molecule has 0 saturated heterocycles. The molecule has 0 fully saturated rings. The monoisotopic (exact) mass is 293 g/mol. The topological polar surface area (TPSA) is 90.3 Å². The first-order chi connectivity index (χ1) is 9.38. The molecular formula is C13H15N3O3S. The number of hydrogen-bond donors (Lipinski definition) is 1. The van der Waals surface area contributed by atoms with E-state index in [0.717, 1.165) is 17.0 Å². The van der Waals surface area contributed by atoms with Gasteiger partial charge in [0.25, 0.3) is 0 Å². The summed E-state index contributed by atoms with van der Waals surface area (Å²) in [6.45, 7) is 1.90. The van der Waals surface area contributed by atoms with E-state index in [9.17, 15) is 13.2 Å². The Morgan fingerprint density at radius 1 is 1.50 bits per heavy atom. The van der Waals surface area contributed by atoms with Crippen molar-refractivity contribution in [3.05, 3.63) is 23.8 Å². The molecule has 1 unspecified atom stereocenters. The van der Waals surface area contributed by atoms with Crippen molar-refractivity contribution in [2.75, 3.05) is 15.9 Å². The zero-order chi connectivity index (χ0) is 14.9. The van der Waals surface area contributed by atoms with E-state index < -0.39 is 16.2 Å². The maximum Gasteiger partial charge on any atom is 0.234 e. The average Bonchev–Trinajstić information content (AvgIpc) is 2.76. The molecule has 0 aromatic heterocycles. The molecule has 6 nitrogen and oxygen atoms in total. The van der Waals surface area contributed by atoms with Crippen LogP contribution in [0.4, 0.5) is 11.4 Å². The first kappa shape index (κ1) is 14.3. The highest BCUT2D eigenvalue weighted by Gasteiger charge is 2.35. The number of nitriles is 1. The molecule has 1 aliphatic heterocycles. The number of nitrogens with one attached hydrogen (secondary N) is 1. The number of fused-ring (bicyclic) bond motifs is 1. The van der Waals surface area contributed by atoms with E-state index in [4.69, 9.17) is 5.26 Å². The SMILES string of the molecule is CCCC(=O)c1ccc2c(c1)N(S(C)(=O)=O)C(C#N)N2. The van der Waals surface area contributed by atoms with Crippen LogP contribution in [-0.2, 0) is 10.0 Å². The fraction of sp³-hybridized carbons (Fsp3) is 0.385. The van der Waals surface area contributed by atoms with Crippen molar-refractivity contribution in [3.63, 3.8) is 0 Å². The highest BCUT2D eigenvalue weighted by molar-refractivity contribution is 7.92. The average molecular weight is 293 g/mol. The summed E-state index contributed by atoms with van der Waals surface area (Å²) in [6, 6.07) is 6.69. The van der Waals surface area contributed by atoms with E-state index in [2.05, 4.69) is 5.32 Å². The standard InChI is InChI=1S/C13H15N3O3S/c1-3-4-12(17)9-5-6-10-11(7-9)16(20(2,18)19)13(8-14)15-10/h5-7,13,15H,3-4H2,1-2H3. The third kappa shape index (κ3) is 2.47. The van der Waals surface area contributed by atoms with Crippen LogP contribution in [0.2, 0.25) is 0 Å². The molecule has 0 spiro atoms. The Bertz CT molecular complexity index is 691. The molecule has 0 radical (unpaired) electrons. The Hall–Kier alpha value is -2.07. The molecule has 1 atom stereocenters. The lowest BCUT2D eigenvalue weighted by atomic mass is 10.1. The Labute approximate surface area is 118 Å². The van der Waals surface area contributed by atoms with Gasteiger partial charge in [-0.1, -0.05) is 6.92 Å². The molecule has 2 rings (SSSR count). The van der Waals surface area contributed by atoms with Gasteiger partial charge in [0.15, 0.2) is 5.78 Å². The van der Waals surface area contributed by atoms with Crippen LogP contribution in [0.5, 0.6) is 0 Å². The summed E-state index contributed by atoms with van der Waals surface area (Å²) in [7, 11) is -3.59. The minimum absolute atomic E-state index is 0.0378. The molecule has 0 amide bonds. The van der Waals surface area contributed by atoms with E-state index in [1.165, 1.54) is 6.07 Å². The van der Waals surface area contributed by atoms with Crippen molar-refractivity contribution in [2.45, 2.75) is 25.9 Å². The second-order valence-electron chi connectivity index (χ2n) is 4.64. The van der Waals surface area contributed by atoms with Crippen LogP contribution < -0.4 is 9.62 Å². The highest BCUT2D eigenvalue weighted by atomic mass is 32.2. The number of nitrogens with zero attached hydrogens (tertiary/aromatic N) is 2. The lowest BCUT2D eigenvalue weighted by molar-refractivity contribution is 0.0982. The fourth-order valence-corrected chi connectivity index (χ4v) is 3.17. The zero-order valence-corrected chi connectivity index (χ0v) is 12.1. The molecule has 1 N–H and O–H groups in total. The van der Waals surface area contributed by atoms with Crippen molar-refractivity contribution in [1.82, 2.24) is 0 Å². The number of sulfonamides is 1. The van der Waals surface area contributed by atoms with Crippen LogP contribution in [0, 0.1) is 11.3 Å². The van der Waals surface area contributed by atoms with Gasteiger partial charge in [0.1, 0.15) is 6.07 Å². The van der Waals surface area contributed by atoms with E-state index in [1.54, 1.807) is 12.1 Å². The molecule has 20 heavy (non-hydrogen) atoms. The molecule has 0 saturated carbocycles. The van der Waals surface area contributed by atoms with Gasteiger partial charge < -0.3 is 5.32 Å². The number of anilines is 2. The Kier molecular flexibility index (Phi) is 3.68. The smallest absolute Gasteiger partial charge is 0.234 e. The van der Waals surface area contributed by atoms with Crippen molar-refractivity contribution >= 4 is 27.2 Å². The fourth-order valence-electron chi connectivity index (χ4n) is 2.18. The molecule has 106 valence electrons. The Morgan fingerprint density at radius 3 is 2.75 bits per heavy atom. The second kappa shape index (κ2) is 5.13. The Balaban J connectivity index is 2.49. The van der Waals surface area contributed by atoms with Crippen LogP contribution in [-0.4, -0.2) is 26.6 Å². The third-order valence-corrected chi connectivity index (χ3v) is 4.16. The third-order valence-electron chi connectivity index (χ3n) is 3.04. The van der Waals surface area contributed by atoms with E-state index >= 15 is 0 Å². The molecule has 1 aliphatic rings. The number of carbonyl (C=O) groups is 1. The number of hydrogen-bond acceptors (Lipinski definition) is 5. The van der Waals surface area contributed by atoms with Gasteiger partial charge in [-0.25, -0.2) is 12.7 Å². The number of carbonyl (C=O) groups excluding carboxylic acids is 1. The minimum atomic E-state index is -3.59. The van der Waals surface area contributed by atoms with Crippen molar-refractivity contribution < 1.29 is 13.2 Å². The summed E-state index contributed by atoms with van der Waals surface area (Å²) in [4.78, 5) is 11.9. The highest BCUT2D eigenvalue weighted by Crippen LogP contribution is 2.37. The molecule has 1 aromatic carbocycles. The largest absolute Gasteiger partial charge is 0.351 e. The van der Waals surface area contributed by atoms with Crippen LogP contribution in [0.25, 0.3) is 0 Å². The van der Waals surface area contributed by atoms with E-state index in [-0.39, 0.29) is 5.78 Å². The normalized spacial score (nSPS) is 17.2. The van der Waals surface area contributed by atoms with Gasteiger partial charge in [-0.3, -0.25) is 4.79 Å². The quantitative estimate of drug-likeness (QED) is 0.853. The lowest BCUT2D eigenvalue weighted by Gasteiger charge is -2.19. The minimum Gasteiger partial charge on any atom is -0.351 e. The maximum atomic E-state index is 11.9. The van der Waals surface area contributed by atoms with Gasteiger partial charge in [0.2, 0.25) is 16.2 Å². The first-order valence-corrected chi connectivity index (χ1v) is 8.06. The van der Waals surface area contributed by atoms with Gasteiger partial charge in [0.05, 0.1) is 17.6 Å². The van der Waals surface area contributed by atoms with Crippen LogP contribution in [0.15, 0.2) is 18.2 Å².